The summed E-state index contributed by atoms with van der Waals surface area (Å²) in [6.45, 7) is 4.66. The lowest BCUT2D eigenvalue weighted by Gasteiger charge is -2.33. The molecule has 0 spiro atoms. The number of pyridine rings is 1. The van der Waals surface area contributed by atoms with E-state index < -0.39 is 12.2 Å². The van der Waals surface area contributed by atoms with Crippen LogP contribution in [0.25, 0.3) is 0 Å². The summed E-state index contributed by atoms with van der Waals surface area (Å²) in [5.74, 6) is -0.305. The molecule has 32 heavy (non-hydrogen) atoms. The average molecular weight is 482 g/mol. The number of amides is 1. The number of hydrogen-bond acceptors (Lipinski definition) is 4. The van der Waals surface area contributed by atoms with Crippen LogP contribution in [-0.4, -0.2) is 58.2 Å². The van der Waals surface area contributed by atoms with Crippen LogP contribution in [0.4, 0.5) is 4.39 Å². The minimum atomic E-state index is -0.955. The molecule has 2 aliphatic heterocycles. The normalized spacial score (nSPS) is 20.0. The van der Waals surface area contributed by atoms with Crippen LogP contribution in [0.3, 0.4) is 0 Å². The second kappa shape index (κ2) is 9.14. The van der Waals surface area contributed by atoms with E-state index in [0.717, 1.165) is 11.3 Å². The molecule has 1 aromatic heterocycles. The zero-order valence-corrected chi connectivity index (χ0v) is 19.6. The maximum atomic E-state index is 13.8. The van der Waals surface area contributed by atoms with Crippen molar-refractivity contribution >= 4 is 29.1 Å². The summed E-state index contributed by atoms with van der Waals surface area (Å²) in [5.41, 5.74) is 3.39. The Bertz CT molecular complexity index is 1120. The van der Waals surface area contributed by atoms with Gasteiger partial charge in [0.15, 0.2) is 0 Å². The number of fused-ring (bicyclic) bond motifs is 1. The third kappa shape index (κ3) is 4.19. The van der Waals surface area contributed by atoms with Gasteiger partial charge in [0.25, 0.3) is 11.5 Å². The number of alkyl halides is 1. The highest BCUT2D eigenvalue weighted by atomic mass is 35.5. The molecular weight excluding hydrogens is 456 g/mol. The zero-order chi connectivity index (χ0) is 23.2. The second-order valence-corrected chi connectivity index (χ2v) is 9.40. The fourth-order valence-corrected chi connectivity index (χ4v) is 5.44. The monoisotopic (exact) mass is 481 g/mol. The summed E-state index contributed by atoms with van der Waals surface area (Å²) in [7, 11) is 0. The number of carbonyl (C=O) groups is 1. The molecular formula is C23H26Cl2FN3O3. The maximum absolute atomic E-state index is 13.8. The first kappa shape index (κ1) is 23.2. The van der Waals surface area contributed by atoms with Gasteiger partial charge >= 0.3 is 0 Å². The first-order valence-electron chi connectivity index (χ1n) is 10.7. The molecule has 9 heteroatoms. The molecule has 1 unspecified atom stereocenters. The number of aliphatic hydroxyl groups is 1. The van der Waals surface area contributed by atoms with E-state index in [9.17, 15) is 19.1 Å². The smallest absolute Gasteiger partial charge is 0.256 e. The van der Waals surface area contributed by atoms with Gasteiger partial charge in [-0.2, -0.15) is 0 Å². The number of aliphatic hydroxyl groups excluding tert-OH is 1. The number of aromatic nitrogens is 1. The van der Waals surface area contributed by atoms with Gasteiger partial charge < -0.3 is 15.0 Å². The number of likely N-dealkylation sites (tertiary alicyclic amines) is 1. The molecule has 1 aromatic carbocycles. The summed E-state index contributed by atoms with van der Waals surface area (Å²) in [5, 5.41) is 10.7. The van der Waals surface area contributed by atoms with E-state index in [1.165, 1.54) is 0 Å². The Balaban J connectivity index is 1.70. The van der Waals surface area contributed by atoms with E-state index in [-0.39, 0.29) is 36.2 Å². The summed E-state index contributed by atoms with van der Waals surface area (Å²) in [6, 6.07) is 3.02. The van der Waals surface area contributed by atoms with Crippen LogP contribution in [-0.2, 0) is 13.0 Å². The van der Waals surface area contributed by atoms with Crippen molar-refractivity contribution in [1.82, 2.24) is 14.8 Å². The molecule has 0 aliphatic carbocycles. The van der Waals surface area contributed by atoms with Gasteiger partial charge in [-0.3, -0.25) is 14.5 Å². The standard InChI is InChI=1S/C23H26Cl2FN3O3/c1-12-7-13(2)27-22(31)17(12)10-29-6-4-15-18(24)8-16(21(25)20(15)23(29)32)19(11-30)28-5-3-14(26)9-28/h7-8,14,19,30H,3-6,9-11H2,1-2H3,(H,27,31)/t14-,19?/m0/s1. The number of aryl methyl sites for hydroxylation is 2. The molecule has 2 aromatic rings. The van der Waals surface area contributed by atoms with Crippen LogP contribution in [0, 0.1) is 13.8 Å². The molecule has 0 bridgehead atoms. The van der Waals surface area contributed by atoms with E-state index >= 15 is 0 Å². The van der Waals surface area contributed by atoms with Crippen molar-refractivity contribution in [2.45, 2.75) is 45.4 Å². The minimum Gasteiger partial charge on any atom is -0.394 e. The van der Waals surface area contributed by atoms with E-state index in [0.29, 0.717) is 53.2 Å². The number of nitrogens with one attached hydrogen (secondary N) is 1. The molecule has 6 nitrogen and oxygen atoms in total. The van der Waals surface area contributed by atoms with Crippen LogP contribution >= 0.6 is 23.2 Å². The Morgan fingerprint density at radius 3 is 2.62 bits per heavy atom. The number of hydrogen-bond donors (Lipinski definition) is 2. The van der Waals surface area contributed by atoms with Gasteiger partial charge in [0.05, 0.1) is 29.8 Å². The molecule has 172 valence electrons. The largest absolute Gasteiger partial charge is 0.394 e. The fourth-order valence-electron chi connectivity index (χ4n) is 4.76. The lowest BCUT2D eigenvalue weighted by atomic mass is 9.93. The lowest BCUT2D eigenvalue weighted by molar-refractivity contribution is 0.0725. The van der Waals surface area contributed by atoms with Gasteiger partial charge in [0, 0.05) is 35.9 Å². The maximum Gasteiger partial charge on any atom is 0.256 e. The number of rotatable bonds is 5. The quantitative estimate of drug-likeness (QED) is 0.684. The van der Waals surface area contributed by atoms with Crippen molar-refractivity contribution in [3.8, 4) is 0 Å². The molecule has 3 heterocycles. The summed E-state index contributed by atoms with van der Waals surface area (Å²) < 4.78 is 13.8. The van der Waals surface area contributed by atoms with Gasteiger partial charge in [-0.05, 0) is 55.5 Å². The highest BCUT2D eigenvalue weighted by molar-refractivity contribution is 6.37. The summed E-state index contributed by atoms with van der Waals surface area (Å²) >= 11 is 13.3. The van der Waals surface area contributed by atoms with Gasteiger partial charge in [-0.25, -0.2) is 4.39 Å². The van der Waals surface area contributed by atoms with Crippen molar-refractivity contribution in [2.24, 2.45) is 0 Å². The molecule has 1 amide bonds. The zero-order valence-electron chi connectivity index (χ0n) is 18.1. The van der Waals surface area contributed by atoms with E-state index in [1.807, 2.05) is 24.8 Å². The number of aromatic amines is 1. The molecule has 0 saturated carbocycles. The summed E-state index contributed by atoms with van der Waals surface area (Å²) in [6.07, 6.45) is -0.0592. The van der Waals surface area contributed by atoms with Gasteiger partial charge in [0.1, 0.15) is 6.17 Å². The predicted octanol–water partition coefficient (Wildman–Crippen LogP) is 3.57. The lowest BCUT2D eigenvalue weighted by Crippen LogP contribution is -2.39. The molecule has 2 atom stereocenters. The number of nitrogens with zero attached hydrogens (tertiary/aromatic N) is 2. The van der Waals surface area contributed by atoms with Crippen LogP contribution in [0.2, 0.25) is 10.0 Å². The third-order valence-corrected chi connectivity index (χ3v) is 7.20. The van der Waals surface area contributed by atoms with Gasteiger partial charge in [-0.1, -0.05) is 23.2 Å². The average Bonchev–Trinajstić information content (AvgIpc) is 3.15. The van der Waals surface area contributed by atoms with Crippen LogP contribution in [0.5, 0.6) is 0 Å². The Labute approximate surface area is 195 Å². The Morgan fingerprint density at radius 1 is 1.25 bits per heavy atom. The van der Waals surface area contributed by atoms with Crippen LogP contribution in [0.15, 0.2) is 16.9 Å². The van der Waals surface area contributed by atoms with Crippen LogP contribution < -0.4 is 5.56 Å². The van der Waals surface area contributed by atoms with E-state index in [1.54, 1.807) is 11.0 Å². The Morgan fingerprint density at radius 2 is 2.00 bits per heavy atom. The molecule has 4 rings (SSSR count). The fraction of sp³-hybridized carbons (Fsp3) is 0.478. The molecule has 2 N–H and O–H groups in total. The number of benzene rings is 1. The molecule has 1 saturated heterocycles. The molecule has 2 aliphatic rings. The van der Waals surface area contributed by atoms with Crippen molar-refractivity contribution < 1.29 is 14.3 Å². The number of halogens is 3. The highest BCUT2D eigenvalue weighted by Crippen LogP contribution is 2.40. The topological polar surface area (TPSA) is 76.6 Å². The van der Waals surface area contributed by atoms with E-state index in [2.05, 4.69) is 4.98 Å². The number of H-pyrrole nitrogens is 1. The van der Waals surface area contributed by atoms with E-state index in [4.69, 9.17) is 23.2 Å². The Kier molecular flexibility index (Phi) is 6.63. The third-order valence-electron chi connectivity index (χ3n) is 6.46. The second-order valence-electron chi connectivity index (χ2n) is 8.61. The number of carbonyl (C=O) groups excluding carboxylic acids is 1. The first-order chi connectivity index (χ1) is 15.2. The predicted molar refractivity (Wildman–Crippen MR) is 122 cm³/mol. The summed E-state index contributed by atoms with van der Waals surface area (Å²) in [4.78, 5) is 32.1. The van der Waals surface area contributed by atoms with Gasteiger partial charge in [0.2, 0.25) is 0 Å². The van der Waals surface area contributed by atoms with Gasteiger partial charge in [-0.15, -0.1) is 0 Å². The Hall–Kier alpha value is -1.93. The van der Waals surface area contributed by atoms with Crippen molar-refractivity contribution in [3.05, 3.63) is 66.0 Å². The first-order valence-corrected chi connectivity index (χ1v) is 11.4. The SMILES string of the molecule is Cc1cc(C)c(CN2CCc3c(Cl)cc(C(CO)N4CC[C@H](F)C4)c(Cl)c3C2=O)c(=O)[nH]1. The van der Waals surface area contributed by atoms with Crippen molar-refractivity contribution in [2.75, 3.05) is 26.2 Å². The van der Waals surface area contributed by atoms with Crippen molar-refractivity contribution in [3.63, 3.8) is 0 Å². The molecule has 1 fully saturated rings. The minimum absolute atomic E-state index is 0.164. The molecule has 0 radical (unpaired) electrons. The highest BCUT2D eigenvalue weighted by Gasteiger charge is 2.35. The van der Waals surface area contributed by atoms with Crippen molar-refractivity contribution in [1.29, 1.82) is 0 Å². The van der Waals surface area contributed by atoms with Crippen LogP contribution in [0.1, 0.15) is 50.8 Å².